The Labute approximate surface area is 137 Å². The van der Waals surface area contributed by atoms with Crippen LogP contribution in [0.4, 0.5) is 0 Å². The number of nitrogens with zero attached hydrogens (tertiary/aromatic N) is 4. The fourth-order valence-electron chi connectivity index (χ4n) is 3.15. The van der Waals surface area contributed by atoms with Crippen LogP contribution in [0.2, 0.25) is 0 Å². The van der Waals surface area contributed by atoms with Crippen LogP contribution in [0.3, 0.4) is 0 Å². The fourth-order valence-corrected chi connectivity index (χ4v) is 3.47. The third-order valence-electron chi connectivity index (χ3n) is 4.07. The van der Waals surface area contributed by atoms with E-state index < -0.39 is 18.0 Å². The van der Waals surface area contributed by atoms with Crippen molar-refractivity contribution < 1.29 is 19.3 Å². The van der Waals surface area contributed by atoms with E-state index in [0.717, 1.165) is 5.69 Å². The minimum Gasteiger partial charge on any atom is -0.394 e. The van der Waals surface area contributed by atoms with Crippen molar-refractivity contribution in [3.05, 3.63) is 18.1 Å². The smallest absolute Gasteiger partial charge is 0.207 e. The third-order valence-corrected chi connectivity index (χ3v) is 4.62. The van der Waals surface area contributed by atoms with Crippen molar-refractivity contribution in [1.29, 1.82) is 0 Å². The van der Waals surface area contributed by atoms with Gasteiger partial charge in [-0.1, -0.05) is 11.8 Å². The molecule has 23 heavy (non-hydrogen) atoms. The summed E-state index contributed by atoms with van der Waals surface area (Å²) in [5.41, 5.74) is 1.41. The Bertz CT molecular complexity index is 737. The summed E-state index contributed by atoms with van der Waals surface area (Å²) in [6.45, 7) is 3.59. The first-order valence-corrected chi connectivity index (χ1v) is 8.61. The second-order valence-corrected chi connectivity index (χ2v) is 6.81. The summed E-state index contributed by atoms with van der Waals surface area (Å²) >= 11 is 1.45. The highest BCUT2D eigenvalue weighted by Crippen LogP contribution is 2.44. The molecule has 0 saturated carbocycles. The fraction of sp³-hybridized carbons (Fsp3) is 0.643. The predicted octanol–water partition coefficient (Wildman–Crippen LogP) is 0.798. The van der Waals surface area contributed by atoms with Gasteiger partial charge in [0.2, 0.25) is 5.16 Å². The lowest BCUT2D eigenvalue weighted by Crippen LogP contribution is -2.31. The summed E-state index contributed by atoms with van der Waals surface area (Å²) in [7, 11) is 0. The van der Waals surface area contributed by atoms with Gasteiger partial charge in [0.05, 0.1) is 24.7 Å². The molecule has 0 aliphatic carbocycles. The number of hydrogen-bond donors (Lipinski definition) is 1. The van der Waals surface area contributed by atoms with E-state index in [9.17, 15) is 5.11 Å². The van der Waals surface area contributed by atoms with E-state index in [1.807, 2.05) is 20.1 Å². The van der Waals surface area contributed by atoms with Crippen LogP contribution in [0, 0.1) is 0 Å². The molecule has 4 heterocycles. The number of aliphatic hydroxyl groups is 1. The molecule has 0 unspecified atom stereocenters. The van der Waals surface area contributed by atoms with Gasteiger partial charge in [0.15, 0.2) is 11.4 Å². The molecule has 0 amide bonds. The number of aliphatic hydroxyl groups excluding tert-OH is 1. The average molecular weight is 338 g/mol. The highest BCUT2D eigenvalue weighted by Gasteiger charge is 2.56. The number of hydrogen-bond acceptors (Lipinski definition) is 8. The van der Waals surface area contributed by atoms with Gasteiger partial charge >= 0.3 is 0 Å². The quantitative estimate of drug-likeness (QED) is 0.822. The first kappa shape index (κ1) is 15.3. The lowest BCUT2D eigenvalue weighted by Gasteiger charge is -2.23. The summed E-state index contributed by atoms with van der Waals surface area (Å²) in [6.07, 6.45) is 3.84. The van der Waals surface area contributed by atoms with E-state index >= 15 is 0 Å². The normalized spacial score (nSPS) is 32.5. The van der Waals surface area contributed by atoms with Gasteiger partial charge in [-0.3, -0.25) is 0 Å². The van der Waals surface area contributed by atoms with E-state index in [1.54, 1.807) is 16.9 Å². The molecule has 2 saturated heterocycles. The molecule has 9 heteroatoms. The van der Waals surface area contributed by atoms with Gasteiger partial charge in [-0.05, 0) is 20.1 Å². The number of imidazole rings is 1. The highest BCUT2D eigenvalue weighted by molar-refractivity contribution is 7.98. The van der Waals surface area contributed by atoms with Crippen molar-refractivity contribution in [3.8, 4) is 0 Å². The minimum absolute atomic E-state index is 0.126. The van der Waals surface area contributed by atoms with Crippen molar-refractivity contribution in [1.82, 2.24) is 19.6 Å². The second kappa shape index (κ2) is 5.38. The Morgan fingerprint density at radius 2 is 2.04 bits per heavy atom. The SMILES string of the molecule is CSc1ncc2ncc([C@@H]3O[C@H](CO)[C@H]4OC(C)(C)O[C@H]43)n2n1. The summed E-state index contributed by atoms with van der Waals surface area (Å²) in [4.78, 5) is 8.55. The zero-order valence-corrected chi connectivity index (χ0v) is 13.9. The molecule has 2 aromatic heterocycles. The van der Waals surface area contributed by atoms with Gasteiger partial charge in [0.1, 0.15) is 24.4 Å². The predicted molar refractivity (Wildman–Crippen MR) is 81.1 cm³/mol. The zero-order valence-electron chi connectivity index (χ0n) is 13.0. The summed E-state index contributed by atoms with van der Waals surface area (Å²) in [5.74, 6) is -0.704. The van der Waals surface area contributed by atoms with Gasteiger partial charge in [-0.25, -0.2) is 14.5 Å². The molecule has 0 aromatic carbocycles. The van der Waals surface area contributed by atoms with Gasteiger partial charge in [-0.15, -0.1) is 5.10 Å². The molecular formula is C14H18N4O4S. The topological polar surface area (TPSA) is 91.0 Å². The standard InChI is InChI=1S/C14H18N4O4S/c1-14(2)21-11-8(6-19)20-10(12(11)22-14)7-4-15-9-5-16-13(23-3)17-18(7)9/h4-5,8,10-12,19H,6H2,1-3H3/t8-,10+,11-,12+/m1/s1. The first-order chi connectivity index (χ1) is 11.0. The molecular weight excluding hydrogens is 320 g/mol. The monoisotopic (exact) mass is 338 g/mol. The Morgan fingerprint density at radius 3 is 2.78 bits per heavy atom. The van der Waals surface area contributed by atoms with Crippen LogP contribution in [-0.2, 0) is 14.2 Å². The number of thioether (sulfide) groups is 1. The Balaban J connectivity index is 1.75. The van der Waals surface area contributed by atoms with Crippen LogP contribution < -0.4 is 0 Å². The maximum absolute atomic E-state index is 9.58. The number of ether oxygens (including phenoxy) is 3. The highest BCUT2D eigenvalue weighted by atomic mass is 32.2. The lowest BCUT2D eigenvalue weighted by molar-refractivity contribution is -0.191. The van der Waals surface area contributed by atoms with E-state index in [4.69, 9.17) is 14.2 Å². The van der Waals surface area contributed by atoms with Crippen molar-refractivity contribution in [2.75, 3.05) is 12.9 Å². The third kappa shape index (κ3) is 2.43. The van der Waals surface area contributed by atoms with E-state index in [-0.39, 0.29) is 18.8 Å². The van der Waals surface area contributed by atoms with Crippen LogP contribution in [0.25, 0.3) is 5.65 Å². The molecule has 0 radical (unpaired) electrons. The molecule has 0 bridgehead atoms. The molecule has 1 N–H and O–H groups in total. The maximum atomic E-state index is 9.58. The number of aromatic nitrogens is 4. The first-order valence-electron chi connectivity index (χ1n) is 7.39. The number of rotatable bonds is 3. The van der Waals surface area contributed by atoms with Gasteiger partial charge < -0.3 is 19.3 Å². The van der Waals surface area contributed by atoms with Crippen molar-refractivity contribution in [3.63, 3.8) is 0 Å². The van der Waals surface area contributed by atoms with Crippen molar-refractivity contribution in [2.45, 2.75) is 49.2 Å². The van der Waals surface area contributed by atoms with Gasteiger partial charge in [0.25, 0.3) is 0 Å². The summed E-state index contributed by atoms with van der Waals surface area (Å²) in [6, 6.07) is 0. The summed E-state index contributed by atoms with van der Waals surface area (Å²) in [5, 5.41) is 14.7. The van der Waals surface area contributed by atoms with Crippen LogP contribution >= 0.6 is 11.8 Å². The van der Waals surface area contributed by atoms with Crippen LogP contribution in [-0.4, -0.2) is 61.7 Å². The second-order valence-electron chi connectivity index (χ2n) is 6.04. The number of fused-ring (bicyclic) bond motifs is 2. The lowest BCUT2D eigenvalue weighted by atomic mass is 10.1. The van der Waals surface area contributed by atoms with Crippen LogP contribution in [0.15, 0.2) is 17.6 Å². The van der Waals surface area contributed by atoms with Gasteiger partial charge in [-0.2, -0.15) is 0 Å². The summed E-state index contributed by atoms with van der Waals surface area (Å²) < 4.78 is 19.6. The largest absolute Gasteiger partial charge is 0.394 e. The molecule has 2 aliphatic rings. The van der Waals surface area contributed by atoms with Gasteiger partial charge in [0, 0.05) is 0 Å². The Hall–Kier alpha value is -1.26. The Morgan fingerprint density at radius 1 is 1.26 bits per heavy atom. The average Bonchev–Trinajstić information content (AvgIpc) is 3.16. The van der Waals surface area contributed by atoms with Crippen LogP contribution in [0.1, 0.15) is 25.6 Å². The molecule has 4 rings (SSSR count). The van der Waals surface area contributed by atoms with Crippen molar-refractivity contribution >= 4 is 17.4 Å². The molecule has 2 aliphatic heterocycles. The Kier molecular flexibility index (Phi) is 3.58. The molecule has 124 valence electrons. The molecule has 0 spiro atoms. The molecule has 8 nitrogen and oxygen atoms in total. The zero-order chi connectivity index (χ0) is 16.2. The van der Waals surface area contributed by atoms with Crippen molar-refractivity contribution in [2.24, 2.45) is 0 Å². The molecule has 2 aromatic rings. The molecule has 4 atom stereocenters. The van der Waals surface area contributed by atoms with E-state index in [2.05, 4.69) is 15.1 Å². The van der Waals surface area contributed by atoms with Crippen LogP contribution in [0.5, 0.6) is 0 Å². The van der Waals surface area contributed by atoms with E-state index in [0.29, 0.717) is 10.8 Å². The molecule has 2 fully saturated rings. The maximum Gasteiger partial charge on any atom is 0.207 e. The van der Waals surface area contributed by atoms with E-state index in [1.165, 1.54) is 11.8 Å². The minimum atomic E-state index is -0.704.